The van der Waals surface area contributed by atoms with Crippen LogP contribution in [0.1, 0.15) is 17.2 Å². The lowest BCUT2D eigenvalue weighted by Gasteiger charge is -2.14. The second-order valence-corrected chi connectivity index (χ2v) is 5.22. The van der Waals surface area contributed by atoms with E-state index in [-0.39, 0.29) is 12.1 Å². The van der Waals surface area contributed by atoms with Gasteiger partial charge in [-0.3, -0.25) is 4.79 Å². The number of hydrogen-bond donors (Lipinski definition) is 3. The average Bonchev–Trinajstić information content (AvgIpc) is 2.51. The Balaban J connectivity index is 1.94. The van der Waals surface area contributed by atoms with Crippen LogP contribution in [0.2, 0.25) is 0 Å². The fraction of sp³-hybridized carbons (Fsp3) is 0.250. The Bertz CT molecular complexity index is 756. The van der Waals surface area contributed by atoms with Crippen LogP contribution in [0.3, 0.4) is 0 Å². The molecule has 1 aromatic heterocycles. The van der Waals surface area contributed by atoms with Crippen molar-refractivity contribution in [1.29, 1.82) is 0 Å². The third kappa shape index (κ3) is 4.40. The molecular weight excluding hydrogens is 301 g/mol. The van der Waals surface area contributed by atoms with Crippen LogP contribution in [-0.2, 0) is 7.05 Å². The van der Waals surface area contributed by atoms with E-state index in [1.807, 2.05) is 0 Å². The number of benzene rings is 1. The molecule has 122 valence electrons. The molecular formula is C16H18FN3O3. The number of aryl methyl sites for hydroxylation is 2. The lowest BCUT2D eigenvalue weighted by molar-refractivity contribution is 0.175. The van der Waals surface area contributed by atoms with Crippen molar-refractivity contribution in [2.75, 3.05) is 11.9 Å². The molecule has 0 saturated carbocycles. The fourth-order valence-electron chi connectivity index (χ4n) is 2.01. The minimum Gasteiger partial charge on any atom is -0.387 e. The van der Waals surface area contributed by atoms with Gasteiger partial charge in [0.05, 0.1) is 11.8 Å². The van der Waals surface area contributed by atoms with Crippen molar-refractivity contribution in [3.63, 3.8) is 0 Å². The average molecular weight is 319 g/mol. The highest BCUT2D eigenvalue weighted by molar-refractivity contribution is 5.89. The number of aromatic nitrogens is 1. The van der Waals surface area contributed by atoms with Crippen LogP contribution >= 0.6 is 0 Å². The van der Waals surface area contributed by atoms with Crippen molar-refractivity contribution in [3.05, 3.63) is 63.8 Å². The van der Waals surface area contributed by atoms with Crippen LogP contribution in [0.4, 0.5) is 14.9 Å². The van der Waals surface area contributed by atoms with Gasteiger partial charge < -0.3 is 20.3 Å². The first kappa shape index (κ1) is 16.7. The van der Waals surface area contributed by atoms with Crippen molar-refractivity contribution < 1.29 is 14.3 Å². The fourth-order valence-corrected chi connectivity index (χ4v) is 2.01. The normalized spacial score (nSPS) is 11.8. The molecule has 2 amide bonds. The number of hydrogen-bond acceptors (Lipinski definition) is 3. The first-order valence-corrected chi connectivity index (χ1v) is 7.02. The Morgan fingerprint density at radius 2 is 2.00 bits per heavy atom. The highest BCUT2D eigenvalue weighted by atomic mass is 19.1. The van der Waals surface area contributed by atoms with Crippen LogP contribution in [0, 0.1) is 12.7 Å². The third-order valence-electron chi connectivity index (χ3n) is 3.39. The number of amides is 2. The lowest BCUT2D eigenvalue weighted by atomic mass is 10.1. The largest absolute Gasteiger partial charge is 0.387 e. The number of urea groups is 1. The summed E-state index contributed by atoms with van der Waals surface area (Å²) in [4.78, 5) is 23.3. The van der Waals surface area contributed by atoms with Gasteiger partial charge in [0.2, 0.25) is 0 Å². The number of halogens is 1. The van der Waals surface area contributed by atoms with Crippen LogP contribution in [0.5, 0.6) is 0 Å². The maximum atomic E-state index is 12.8. The molecule has 3 N–H and O–H groups in total. The van der Waals surface area contributed by atoms with Gasteiger partial charge in [0, 0.05) is 25.9 Å². The number of nitrogens with one attached hydrogen (secondary N) is 2. The Morgan fingerprint density at radius 3 is 2.65 bits per heavy atom. The van der Waals surface area contributed by atoms with E-state index >= 15 is 0 Å². The summed E-state index contributed by atoms with van der Waals surface area (Å²) in [6.07, 6.45) is 0.579. The van der Waals surface area contributed by atoms with Gasteiger partial charge in [0.15, 0.2) is 0 Å². The summed E-state index contributed by atoms with van der Waals surface area (Å²) in [6.45, 7) is 1.69. The van der Waals surface area contributed by atoms with E-state index in [1.165, 1.54) is 41.1 Å². The minimum absolute atomic E-state index is 0.0255. The monoisotopic (exact) mass is 319 g/mol. The molecule has 0 aliphatic carbocycles. The van der Waals surface area contributed by atoms with Crippen molar-refractivity contribution in [1.82, 2.24) is 9.88 Å². The molecule has 1 heterocycles. The van der Waals surface area contributed by atoms with Crippen LogP contribution < -0.4 is 16.2 Å². The second-order valence-electron chi connectivity index (χ2n) is 5.22. The summed E-state index contributed by atoms with van der Waals surface area (Å²) in [5.41, 5.74) is 1.48. The van der Waals surface area contributed by atoms with E-state index in [0.717, 1.165) is 0 Å². The summed E-state index contributed by atoms with van der Waals surface area (Å²) in [5.74, 6) is -0.392. The molecule has 1 unspecified atom stereocenters. The summed E-state index contributed by atoms with van der Waals surface area (Å²) < 4.78 is 14.2. The van der Waals surface area contributed by atoms with Gasteiger partial charge in [-0.1, -0.05) is 12.1 Å². The van der Waals surface area contributed by atoms with Gasteiger partial charge in [-0.05, 0) is 30.2 Å². The molecule has 0 radical (unpaired) electrons. The van der Waals surface area contributed by atoms with Gasteiger partial charge in [-0.25, -0.2) is 9.18 Å². The Kier molecular flexibility index (Phi) is 5.13. The molecule has 0 spiro atoms. The summed E-state index contributed by atoms with van der Waals surface area (Å²) >= 11 is 0. The number of aliphatic hydroxyl groups excluding tert-OH is 1. The summed E-state index contributed by atoms with van der Waals surface area (Å²) in [7, 11) is 1.59. The van der Waals surface area contributed by atoms with Crippen molar-refractivity contribution >= 4 is 11.7 Å². The number of anilines is 1. The van der Waals surface area contributed by atoms with Gasteiger partial charge in [0.25, 0.3) is 5.56 Å². The zero-order valence-electron chi connectivity index (χ0n) is 12.8. The van der Waals surface area contributed by atoms with Crippen molar-refractivity contribution in [3.8, 4) is 0 Å². The highest BCUT2D eigenvalue weighted by Gasteiger charge is 2.11. The molecule has 0 saturated heterocycles. The van der Waals surface area contributed by atoms with Crippen molar-refractivity contribution in [2.24, 2.45) is 7.05 Å². The number of carbonyl (C=O) groups is 1. The standard InChI is InChI=1S/C16H18FN3O3/c1-10-7-15(22)20(2)9-13(10)19-16(23)18-8-14(21)11-3-5-12(17)6-4-11/h3-7,9,14,21H,8H2,1-2H3,(H2,18,19,23). The zero-order valence-corrected chi connectivity index (χ0v) is 12.8. The minimum atomic E-state index is -0.942. The van der Waals surface area contributed by atoms with E-state index in [2.05, 4.69) is 10.6 Å². The molecule has 1 atom stereocenters. The van der Waals surface area contributed by atoms with Gasteiger partial charge in [-0.2, -0.15) is 0 Å². The Morgan fingerprint density at radius 1 is 1.35 bits per heavy atom. The number of carbonyl (C=O) groups excluding carboxylic acids is 1. The Hall–Kier alpha value is -2.67. The number of nitrogens with zero attached hydrogens (tertiary/aromatic N) is 1. The van der Waals surface area contributed by atoms with Crippen molar-refractivity contribution in [2.45, 2.75) is 13.0 Å². The highest BCUT2D eigenvalue weighted by Crippen LogP contribution is 2.13. The maximum Gasteiger partial charge on any atom is 0.319 e. The SMILES string of the molecule is Cc1cc(=O)n(C)cc1NC(=O)NCC(O)c1ccc(F)cc1. The second kappa shape index (κ2) is 7.06. The molecule has 6 nitrogen and oxygen atoms in total. The van der Waals surface area contributed by atoms with Crippen LogP contribution in [-0.4, -0.2) is 22.2 Å². The lowest BCUT2D eigenvalue weighted by Crippen LogP contribution is -2.33. The predicted octanol–water partition coefficient (Wildman–Crippen LogP) is 1.69. The first-order chi connectivity index (χ1) is 10.9. The molecule has 7 heteroatoms. The van der Waals surface area contributed by atoms with E-state index in [0.29, 0.717) is 16.8 Å². The molecule has 23 heavy (non-hydrogen) atoms. The zero-order chi connectivity index (χ0) is 17.0. The van der Waals surface area contributed by atoms with E-state index < -0.39 is 18.0 Å². The Labute approximate surface area is 132 Å². The quantitative estimate of drug-likeness (QED) is 0.802. The first-order valence-electron chi connectivity index (χ1n) is 7.02. The number of rotatable bonds is 4. The molecule has 0 aliphatic heterocycles. The summed E-state index contributed by atoms with van der Waals surface area (Å²) in [6, 6.07) is 6.31. The number of aliphatic hydroxyl groups is 1. The van der Waals surface area contributed by atoms with E-state index in [1.54, 1.807) is 14.0 Å². The predicted molar refractivity (Wildman–Crippen MR) is 84.8 cm³/mol. The van der Waals surface area contributed by atoms with Crippen LogP contribution in [0.25, 0.3) is 0 Å². The van der Waals surface area contributed by atoms with E-state index in [4.69, 9.17) is 0 Å². The van der Waals surface area contributed by atoms with Crippen LogP contribution in [0.15, 0.2) is 41.3 Å². The molecule has 2 rings (SSSR count). The topological polar surface area (TPSA) is 83.4 Å². The summed E-state index contributed by atoms with van der Waals surface area (Å²) in [5, 5.41) is 15.1. The van der Waals surface area contributed by atoms with E-state index in [9.17, 15) is 19.1 Å². The third-order valence-corrected chi connectivity index (χ3v) is 3.39. The molecule has 2 aromatic rings. The number of pyridine rings is 1. The molecule has 0 bridgehead atoms. The molecule has 0 fully saturated rings. The van der Waals surface area contributed by atoms with Gasteiger partial charge in [-0.15, -0.1) is 0 Å². The molecule has 0 aliphatic rings. The smallest absolute Gasteiger partial charge is 0.319 e. The maximum absolute atomic E-state index is 12.8. The van der Waals surface area contributed by atoms with Gasteiger partial charge >= 0.3 is 6.03 Å². The molecule has 1 aromatic carbocycles. The van der Waals surface area contributed by atoms with Gasteiger partial charge in [0.1, 0.15) is 5.82 Å².